The van der Waals surface area contributed by atoms with Crippen LogP contribution >= 0.6 is 0 Å². The van der Waals surface area contributed by atoms with Crippen LogP contribution in [0.2, 0.25) is 0 Å². The van der Waals surface area contributed by atoms with E-state index in [0.29, 0.717) is 11.4 Å². The number of amides is 3. The molecule has 6 heterocycles. The molecule has 3 aliphatic heterocycles. The van der Waals surface area contributed by atoms with Crippen LogP contribution < -0.4 is 10.1 Å². The average molecular weight is 539 g/mol. The highest BCUT2D eigenvalue weighted by Crippen LogP contribution is 2.48. The number of pyridine rings is 3. The highest BCUT2D eigenvalue weighted by molar-refractivity contribution is 6.06. The predicted molar refractivity (Wildman–Crippen MR) is 126 cm³/mol. The first-order chi connectivity index (χ1) is 18.7. The maximum atomic E-state index is 12.8. The molecular formula is C26H20F3N5O5. The Morgan fingerprint density at radius 3 is 2.26 bits per heavy atom. The normalized spacial score (nSPS) is 23.7. The summed E-state index contributed by atoms with van der Waals surface area (Å²) in [7, 11) is 0. The van der Waals surface area contributed by atoms with E-state index in [1.165, 1.54) is 29.4 Å². The number of rotatable bonds is 6. The van der Waals surface area contributed by atoms with Crippen molar-refractivity contribution in [2.24, 2.45) is 11.8 Å². The van der Waals surface area contributed by atoms with Gasteiger partial charge in [0, 0.05) is 12.3 Å². The van der Waals surface area contributed by atoms with E-state index in [1.54, 1.807) is 12.1 Å². The van der Waals surface area contributed by atoms with Gasteiger partial charge in [0.15, 0.2) is 0 Å². The van der Waals surface area contributed by atoms with E-state index < -0.39 is 29.6 Å². The van der Waals surface area contributed by atoms with Gasteiger partial charge in [0.2, 0.25) is 17.7 Å². The summed E-state index contributed by atoms with van der Waals surface area (Å²) in [5.41, 5.74) is 0.0314. The molecule has 3 amide bonds. The van der Waals surface area contributed by atoms with Crippen molar-refractivity contribution in [2.45, 2.75) is 37.8 Å². The molecule has 0 saturated carbocycles. The molecule has 3 saturated heterocycles. The van der Waals surface area contributed by atoms with Gasteiger partial charge in [-0.1, -0.05) is 0 Å². The van der Waals surface area contributed by atoms with E-state index in [2.05, 4.69) is 20.3 Å². The van der Waals surface area contributed by atoms with E-state index in [9.17, 15) is 27.6 Å². The van der Waals surface area contributed by atoms with Crippen molar-refractivity contribution in [3.05, 3.63) is 71.9 Å². The van der Waals surface area contributed by atoms with Gasteiger partial charge in [-0.25, -0.2) is 9.97 Å². The first kappa shape index (κ1) is 24.9. The Hall–Kier alpha value is -4.39. The Kier molecular flexibility index (Phi) is 6.02. The second-order valence-corrected chi connectivity index (χ2v) is 9.46. The van der Waals surface area contributed by atoms with Gasteiger partial charge in [0.05, 0.1) is 59.9 Å². The SMILES string of the molecule is O=C(Nc1ccc(Oc2ccc(C(F)(F)F)nc2)nc1)c1ccc(CN2C(=O)C3C4CCC(O4)C3C2=O)nc1. The van der Waals surface area contributed by atoms with Gasteiger partial charge < -0.3 is 14.8 Å². The Morgan fingerprint density at radius 1 is 0.949 bits per heavy atom. The minimum absolute atomic E-state index is 0.0336. The third-order valence-corrected chi connectivity index (χ3v) is 7.03. The van der Waals surface area contributed by atoms with Crippen molar-refractivity contribution < 1.29 is 37.0 Å². The van der Waals surface area contributed by atoms with Crippen LogP contribution in [0.3, 0.4) is 0 Å². The molecule has 3 aliphatic rings. The molecule has 1 N–H and O–H groups in total. The summed E-state index contributed by atoms with van der Waals surface area (Å²) in [6.07, 6.45) is 0.292. The molecule has 3 aromatic rings. The zero-order valence-electron chi connectivity index (χ0n) is 20.1. The van der Waals surface area contributed by atoms with Crippen LogP contribution in [0.1, 0.15) is 34.6 Å². The minimum atomic E-state index is -4.55. The Balaban J connectivity index is 1.04. The standard InChI is InChI=1S/C26H20F3N5O5/c27-26(28,29)19-7-4-16(11-31-19)38-20-8-3-14(10-32-20)33-23(35)13-1-2-15(30-9-13)12-34-24(36)21-17-5-6-18(39-17)22(21)25(34)37/h1-4,7-11,17-18,21-22H,5-6,12H2,(H,33,35). The quantitative estimate of drug-likeness (QED) is 0.472. The number of carbonyl (C=O) groups is 3. The zero-order valence-corrected chi connectivity index (χ0v) is 20.1. The number of alkyl halides is 3. The van der Waals surface area contributed by atoms with Crippen molar-refractivity contribution in [3.63, 3.8) is 0 Å². The number of hydrogen-bond acceptors (Lipinski definition) is 8. The number of imide groups is 1. The summed E-state index contributed by atoms with van der Waals surface area (Å²) >= 11 is 0. The summed E-state index contributed by atoms with van der Waals surface area (Å²) in [6.45, 7) is 0.0336. The third-order valence-electron chi connectivity index (χ3n) is 7.03. The lowest BCUT2D eigenvalue weighted by atomic mass is 9.81. The number of likely N-dealkylation sites (tertiary alicyclic amines) is 1. The van der Waals surface area contributed by atoms with Crippen LogP contribution in [0.5, 0.6) is 11.6 Å². The van der Waals surface area contributed by atoms with Crippen molar-refractivity contribution >= 4 is 23.4 Å². The molecule has 4 atom stereocenters. The van der Waals surface area contributed by atoms with Crippen molar-refractivity contribution in [1.82, 2.24) is 19.9 Å². The number of carbonyl (C=O) groups excluding carboxylic acids is 3. The number of fused-ring (bicyclic) bond motifs is 5. The molecule has 2 bridgehead atoms. The summed E-state index contributed by atoms with van der Waals surface area (Å²) in [4.78, 5) is 51.1. The maximum absolute atomic E-state index is 12.8. The first-order valence-corrected chi connectivity index (χ1v) is 12.1. The molecular weight excluding hydrogens is 519 g/mol. The molecule has 10 nitrogen and oxygen atoms in total. The fourth-order valence-electron chi connectivity index (χ4n) is 5.19. The smallest absolute Gasteiger partial charge is 0.433 e. The van der Waals surface area contributed by atoms with Crippen molar-refractivity contribution in [3.8, 4) is 11.6 Å². The van der Waals surface area contributed by atoms with Gasteiger partial charge >= 0.3 is 6.18 Å². The number of nitrogens with one attached hydrogen (secondary N) is 1. The molecule has 0 aliphatic carbocycles. The lowest BCUT2D eigenvalue weighted by Gasteiger charge is -2.17. The maximum Gasteiger partial charge on any atom is 0.433 e. The number of halogens is 3. The van der Waals surface area contributed by atoms with Crippen molar-refractivity contribution in [2.75, 3.05) is 5.32 Å². The summed E-state index contributed by atoms with van der Waals surface area (Å²) < 4.78 is 49.0. The molecule has 39 heavy (non-hydrogen) atoms. The highest BCUT2D eigenvalue weighted by Gasteiger charge is 2.62. The van der Waals surface area contributed by atoms with Gasteiger partial charge in [0.1, 0.15) is 11.4 Å². The lowest BCUT2D eigenvalue weighted by Crippen LogP contribution is -2.34. The van der Waals surface area contributed by atoms with E-state index in [-0.39, 0.29) is 47.8 Å². The van der Waals surface area contributed by atoms with Crippen LogP contribution in [0.25, 0.3) is 0 Å². The Bertz CT molecular complexity index is 1400. The van der Waals surface area contributed by atoms with Gasteiger partial charge in [-0.05, 0) is 43.2 Å². The average Bonchev–Trinajstić information content (AvgIpc) is 3.60. The molecule has 3 aromatic heterocycles. The van der Waals surface area contributed by atoms with Gasteiger partial charge in [-0.15, -0.1) is 0 Å². The predicted octanol–water partition coefficient (Wildman–Crippen LogP) is 3.60. The number of aromatic nitrogens is 3. The fourth-order valence-corrected chi connectivity index (χ4v) is 5.19. The molecule has 13 heteroatoms. The van der Waals surface area contributed by atoms with Crippen LogP contribution in [0.4, 0.5) is 18.9 Å². The van der Waals surface area contributed by atoms with E-state index >= 15 is 0 Å². The Labute approximate surface area is 219 Å². The fraction of sp³-hybridized carbons (Fsp3) is 0.308. The van der Waals surface area contributed by atoms with E-state index in [1.807, 2.05) is 0 Å². The zero-order chi connectivity index (χ0) is 27.3. The summed E-state index contributed by atoms with van der Waals surface area (Å²) in [5.74, 6) is -1.56. The molecule has 3 fully saturated rings. The number of ether oxygens (including phenoxy) is 2. The summed E-state index contributed by atoms with van der Waals surface area (Å²) in [6, 6.07) is 8.00. The minimum Gasteiger partial charge on any atom is -0.437 e. The van der Waals surface area contributed by atoms with Gasteiger partial charge in [-0.2, -0.15) is 13.2 Å². The Morgan fingerprint density at radius 2 is 1.69 bits per heavy atom. The van der Waals surface area contributed by atoms with Gasteiger partial charge in [-0.3, -0.25) is 24.3 Å². The molecule has 4 unspecified atom stereocenters. The first-order valence-electron chi connectivity index (χ1n) is 12.1. The second-order valence-electron chi connectivity index (χ2n) is 9.46. The monoisotopic (exact) mass is 539 g/mol. The van der Waals surface area contributed by atoms with Crippen LogP contribution in [-0.2, 0) is 27.0 Å². The van der Waals surface area contributed by atoms with Crippen LogP contribution in [-0.4, -0.2) is 49.8 Å². The van der Waals surface area contributed by atoms with Gasteiger partial charge in [0.25, 0.3) is 5.91 Å². The molecule has 0 spiro atoms. The highest BCUT2D eigenvalue weighted by atomic mass is 19.4. The van der Waals surface area contributed by atoms with Crippen LogP contribution in [0.15, 0.2) is 55.0 Å². The number of hydrogen-bond donors (Lipinski definition) is 1. The molecule has 0 aromatic carbocycles. The number of nitrogens with zero attached hydrogens (tertiary/aromatic N) is 4. The topological polar surface area (TPSA) is 124 Å². The molecule has 0 radical (unpaired) electrons. The van der Waals surface area contributed by atoms with Crippen LogP contribution in [0, 0.1) is 11.8 Å². The van der Waals surface area contributed by atoms with E-state index in [4.69, 9.17) is 9.47 Å². The van der Waals surface area contributed by atoms with Crippen molar-refractivity contribution in [1.29, 1.82) is 0 Å². The summed E-state index contributed by atoms with van der Waals surface area (Å²) in [5, 5.41) is 2.66. The molecule has 6 rings (SSSR count). The lowest BCUT2D eigenvalue weighted by molar-refractivity contribution is -0.143. The third kappa shape index (κ3) is 4.69. The largest absolute Gasteiger partial charge is 0.437 e. The molecule has 200 valence electrons. The van der Waals surface area contributed by atoms with E-state index in [0.717, 1.165) is 31.2 Å². The number of anilines is 1. The second kappa shape index (κ2) is 9.42.